The molecule has 0 N–H and O–H groups in total. The molecule has 96 valence electrons. The van der Waals surface area contributed by atoms with Crippen LogP contribution >= 0.6 is 55.1 Å². The van der Waals surface area contributed by atoms with Gasteiger partial charge in [-0.3, -0.25) is 0 Å². The van der Waals surface area contributed by atoms with Gasteiger partial charge in [-0.05, 0) is 56.1 Å². The lowest BCUT2D eigenvalue weighted by Gasteiger charge is -2.09. The minimum atomic E-state index is 0.441. The molecule has 0 aromatic heterocycles. The average molecular weight is 422 g/mol. The molecule has 0 aliphatic carbocycles. The summed E-state index contributed by atoms with van der Waals surface area (Å²) >= 11 is 18.6. The van der Waals surface area contributed by atoms with Crippen molar-refractivity contribution in [3.05, 3.63) is 54.9 Å². The number of rotatable bonds is 2. The van der Waals surface area contributed by atoms with E-state index in [-0.39, 0.29) is 0 Å². The second-order valence-corrected chi connectivity index (χ2v) is 6.08. The van der Waals surface area contributed by atoms with E-state index in [4.69, 9.17) is 33.2 Å². The van der Waals surface area contributed by atoms with Crippen molar-refractivity contribution >= 4 is 55.1 Å². The first-order valence-corrected chi connectivity index (χ1v) is 7.37. The van der Waals surface area contributed by atoms with Gasteiger partial charge in [0.2, 0.25) is 0 Å². The second-order valence-electron chi connectivity index (χ2n) is 3.55. The van der Waals surface area contributed by atoms with Crippen LogP contribution in [0.5, 0.6) is 11.5 Å². The molecule has 19 heavy (non-hydrogen) atoms. The van der Waals surface area contributed by atoms with Crippen molar-refractivity contribution in [1.82, 2.24) is 0 Å². The molecule has 6 heteroatoms. The summed E-state index contributed by atoms with van der Waals surface area (Å²) in [4.78, 5) is 0. The molecule has 0 aliphatic heterocycles. The second kappa shape index (κ2) is 6.15. The van der Waals surface area contributed by atoms with E-state index in [1.807, 2.05) is 0 Å². The first kappa shape index (κ1) is 14.7. The highest BCUT2D eigenvalue weighted by Crippen LogP contribution is 2.37. The number of nitrogens with zero attached hydrogens (tertiary/aromatic N) is 1. The molecule has 0 fully saturated rings. The number of halogens is 4. The fourth-order valence-corrected chi connectivity index (χ4v) is 2.64. The van der Waals surface area contributed by atoms with Gasteiger partial charge in [0.05, 0.1) is 15.6 Å². The maximum Gasteiger partial charge on any atom is 0.147 e. The lowest BCUT2D eigenvalue weighted by molar-refractivity contribution is 0.482. The van der Waals surface area contributed by atoms with Crippen LogP contribution in [0.15, 0.2) is 39.3 Å². The maximum absolute atomic E-state index is 8.85. The van der Waals surface area contributed by atoms with E-state index < -0.39 is 0 Å². The first-order valence-electron chi connectivity index (χ1n) is 5.03. The Balaban J connectivity index is 2.34. The molecular weight excluding hydrogens is 417 g/mol. The number of hydrogen-bond donors (Lipinski definition) is 0. The summed E-state index contributed by atoms with van der Waals surface area (Å²) in [6.45, 7) is 0. The molecule has 0 bridgehead atoms. The Bertz CT molecular complexity index is 683. The zero-order valence-corrected chi connectivity index (χ0v) is 13.9. The predicted molar refractivity (Wildman–Crippen MR) is 83.1 cm³/mol. The van der Waals surface area contributed by atoms with Gasteiger partial charge in [-0.15, -0.1) is 0 Å². The zero-order valence-electron chi connectivity index (χ0n) is 9.25. The number of hydrogen-bond acceptors (Lipinski definition) is 2. The summed E-state index contributed by atoms with van der Waals surface area (Å²) in [6, 6.07) is 10.4. The van der Waals surface area contributed by atoms with Crippen LogP contribution < -0.4 is 4.74 Å². The summed E-state index contributed by atoms with van der Waals surface area (Å²) < 4.78 is 7.01. The van der Waals surface area contributed by atoms with Crippen molar-refractivity contribution in [3.8, 4) is 17.6 Å². The topological polar surface area (TPSA) is 33.0 Å². The third kappa shape index (κ3) is 3.43. The molecule has 0 radical (unpaired) electrons. The molecule has 0 heterocycles. The summed E-state index contributed by atoms with van der Waals surface area (Å²) in [5.74, 6) is 1.01. The monoisotopic (exact) mass is 419 g/mol. The zero-order chi connectivity index (χ0) is 14.0. The van der Waals surface area contributed by atoms with Crippen molar-refractivity contribution in [2.45, 2.75) is 0 Å². The average Bonchev–Trinajstić information content (AvgIpc) is 2.36. The molecule has 0 saturated heterocycles. The third-order valence-corrected chi connectivity index (χ3v) is 4.41. The van der Waals surface area contributed by atoms with E-state index in [9.17, 15) is 0 Å². The van der Waals surface area contributed by atoms with Crippen LogP contribution in [0.2, 0.25) is 10.0 Å². The van der Waals surface area contributed by atoms with Crippen LogP contribution in [0.3, 0.4) is 0 Å². The Morgan fingerprint density at radius 3 is 2.37 bits per heavy atom. The van der Waals surface area contributed by atoms with Gasteiger partial charge in [0.15, 0.2) is 0 Å². The summed E-state index contributed by atoms with van der Waals surface area (Å²) in [5.41, 5.74) is 0.535. The van der Waals surface area contributed by atoms with Gasteiger partial charge in [-0.1, -0.05) is 23.2 Å². The van der Waals surface area contributed by atoms with Crippen molar-refractivity contribution in [3.63, 3.8) is 0 Å². The molecule has 2 aromatic carbocycles. The van der Waals surface area contributed by atoms with Crippen molar-refractivity contribution < 1.29 is 4.74 Å². The Morgan fingerprint density at radius 2 is 1.74 bits per heavy atom. The molecule has 0 unspecified atom stereocenters. The van der Waals surface area contributed by atoms with E-state index in [2.05, 4.69) is 37.9 Å². The molecular formula is C13H5Br2Cl2NO. The maximum atomic E-state index is 8.85. The van der Waals surface area contributed by atoms with Gasteiger partial charge in [0, 0.05) is 15.0 Å². The largest absolute Gasteiger partial charge is 0.456 e. The van der Waals surface area contributed by atoms with E-state index >= 15 is 0 Å². The van der Waals surface area contributed by atoms with Crippen LogP contribution in [0.4, 0.5) is 0 Å². The number of ether oxygens (including phenoxy) is 1. The molecule has 0 spiro atoms. The minimum absolute atomic E-state index is 0.441. The Hall–Kier alpha value is -0.730. The van der Waals surface area contributed by atoms with Crippen molar-refractivity contribution in [2.24, 2.45) is 0 Å². The highest BCUT2D eigenvalue weighted by Gasteiger charge is 2.09. The SMILES string of the molecule is N#Cc1ccc(Oc2cc(Cl)c(Br)cc2Cl)cc1Br. The molecule has 0 atom stereocenters. The predicted octanol–water partition coefficient (Wildman–Crippen LogP) is 6.18. The lowest BCUT2D eigenvalue weighted by Crippen LogP contribution is -1.87. The van der Waals surface area contributed by atoms with E-state index in [0.717, 1.165) is 0 Å². The molecule has 2 rings (SSSR count). The van der Waals surface area contributed by atoms with Crippen LogP contribution in [-0.2, 0) is 0 Å². The Kier molecular flexibility index (Phi) is 4.75. The van der Waals surface area contributed by atoms with Gasteiger partial charge < -0.3 is 4.74 Å². The lowest BCUT2D eigenvalue weighted by atomic mass is 10.2. The van der Waals surface area contributed by atoms with E-state index in [1.54, 1.807) is 30.3 Å². The van der Waals surface area contributed by atoms with Gasteiger partial charge in [-0.2, -0.15) is 5.26 Å². The Labute approximate surface area is 137 Å². The smallest absolute Gasteiger partial charge is 0.147 e. The molecule has 0 aliphatic rings. The van der Waals surface area contributed by atoms with Crippen LogP contribution in [0, 0.1) is 11.3 Å². The van der Waals surface area contributed by atoms with Crippen molar-refractivity contribution in [1.29, 1.82) is 5.26 Å². The molecule has 2 nitrogen and oxygen atoms in total. The van der Waals surface area contributed by atoms with Crippen LogP contribution in [0.25, 0.3) is 0 Å². The quantitative estimate of drug-likeness (QED) is 0.542. The third-order valence-electron chi connectivity index (χ3n) is 2.26. The van der Waals surface area contributed by atoms with E-state index in [0.29, 0.717) is 36.1 Å². The fourth-order valence-electron chi connectivity index (χ4n) is 1.36. The highest BCUT2D eigenvalue weighted by atomic mass is 79.9. The van der Waals surface area contributed by atoms with Gasteiger partial charge in [0.25, 0.3) is 0 Å². The molecule has 0 saturated carbocycles. The van der Waals surface area contributed by atoms with Gasteiger partial charge >= 0.3 is 0 Å². The molecule has 2 aromatic rings. The highest BCUT2D eigenvalue weighted by molar-refractivity contribution is 9.10. The standard InChI is InChI=1S/C13H5Br2Cl2NO/c14-9-3-8(2-1-7(9)6-18)19-13-5-11(16)10(15)4-12(13)17/h1-5H. The van der Waals surface area contributed by atoms with Crippen molar-refractivity contribution in [2.75, 3.05) is 0 Å². The first-order chi connectivity index (χ1) is 9.01. The minimum Gasteiger partial charge on any atom is -0.456 e. The summed E-state index contributed by atoms with van der Waals surface area (Å²) in [6.07, 6.45) is 0. The van der Waals surface area contributed by atoms with Gasteiger partial charge in [0.1, 0.15) is 17.6 Å². The van der Waals surface area contributed by atoms with Gasteiger partial charge in [-0.25, -0.2) is 0 Å². The fraction of sp³-hybridized carbons (Fsp3) is 0. The normalized spacial score (nSPS) is 10.1. The number of benzene rings is 2. The van der Waals surface area contributed by atoms with Crippen LogP contribution in [0.1, 0.15) is 5.56 Å². The van der Waals surface area contributed by atoms with E-state index in [1.165, 1.54) is 0 Å². The Morgan fingerprint density at radius 1 is 1.00 bits per heavy atom. The molecule has 0 amide bonds. The summed E-state index contributed by atoms with van der Waals surface area (Å²) in [5, 5.41) is 9.79. The number of nitriles is 1. The summed E-state index contributed by atoms with van der Waals surface area (Å²) in [7, 11) is 0. The van der Waals surface area contributed by atoms with Crippen LogP contribution in [-0.4, -0.2) is 0 Å².